The summed E-state index contributed by atoms with van der Waals surface area (Å²) in [4.78, 5) is 10.8. The second kappa shape index (κ2) is 9.31. The molecule has 0 atom stereocenters. The van der Waals surface area contributed by atoms with Crippen molar-refractivity contribution >= 4 is 28.7 Å². The number of hydrogen-bond acceptors (Lipinski definition) is 4. The first kappa shape index (κ1) is 21.1. The quantitative estimate of drug-likeness (QED) is 0.344. The highest BCUT2D eigenvalue weighted by molar-refractivity contribution is 8.00. The molecular formula is C26H24O4S. The molecule has 0 unspecified atom stereocenters. The van der Waals surface area contributed by atoms with Gasteiger partial charge in [-0.3, -0.25) is 0 Å². The molecule has 4 rings (SSSR count). The maximum Gasteiger partial charge on any atom is 0.341 e. The fourth-order valence-electron chi connectivity index (χ4n) is 3.74. The maximum atomic E-state index is 10.8. The summed E-state index contributed by atoms with van der Waals surface area (Å²) in [6, 6.07) is 26.7. The molecule has 1 N–H and O–H groups in total. The summed E-state index contributed by atoms with van der Waals surface area (Å²) in [6.07, 6.45) is 2.58. The number of thioether (sulfide) groups is 1. The van der Waals surface area contributed by atoms with Crippen molar-refractivity contribution in [3.05, 3.63) is 102 Å². The van der Waals surface area contributed by atoms with Crippen LogP contribution in [0, 0.1) is 0 Å². The fourth-order valence-corrected chi connectivity index (χ4v) is 5.08. The third kappa shape index (κ3) is 4.62. The fraction of sp³-hybridized carbons (Fsp3) is 0.192. The minimum absolute atomic E-state index is 0.169. The molecular weight excluding hydrogens is 408 g/mol. The van der Waals surface area contributed by atoms with Crippen molar-refractivity contribution in [2.24, 2.45) is 0 Å². The van der Waals surface area contributed by atoms with Crippen LogP contribution in [0.2, 0.25) is 0 Å². The lowest BCUT2D eigenvalue weighted by atomic mass is 9.92. The molecule has 1 heterocycles. The standard InChI is InChI=1S/C26H24O4S/c1-26(20-9-4-2-5-10-20,21-11-6-3-7-12-21)31-16-15-19-17-30-25-22(19)13-8-14-23(25)29-18-24(27)28/h2-14,17H,15-16,18H2,1H3,(H,27,28). The number of carboxylic acid groups (broad SMARTS) is 1. The van der Waals surface area contributed by atoms with E-state index in [1.165, 1.54) is 11.1 Å². The van der Waals surface area contributed by atoms with Gasteiger partial charge in [-0.1, -0.05) is 72.8 Å². The number of ether oxygens (including phenoxy) is 1. The molecule has 4 nitrogen and oxygen atoms in total. The zero-order valence-corrected chi connectivity index (χ0v) is 18.1. The third-order valence-corrected chi connectivity index (χ3v) is 6.86. The van der Waals surface area contributed by atoms with E-state index in [9.17, 15) is 4.79 Å². The molecule has 0 aliphatic heterocycles. The smallest absolute Gasteiger partial charge is 0.341 e. The summed E-state index contributed by atoms with van der Waals surface area (Å²) in [5.74, 6) is 0.341. The topological polar surface area (TPSA) is 59.7 Å². The highest BCUT2D eigenvalue weighted by Crippen LogP contribution is 2.43. The summed E-state index contributed by atoms with van der Waals surface area (Å²) in [5.41, 5.74) is 4.23. The molecule has 0 aliphatic carbocycles. The number of benzene rings is 3. The molecule has 0 saturated carbocycles. The number of hydrogen-bond donors (Lipinski definition) is 1. The van der Waals surface area contributed by atoms with Crippen LogP contribution in [-0.4, -0.2) is 23.4 Å². The third-order valence-electron chi connectivity index (χ3n) is 5.41. The molecule has 0 bridgehead atoms. The molecule has 158 valence electrons. The van der Waals surface area contributed by atoms with Crippen LogP contribution in [0.3, 0.4) is 0 Å². The van der Waals surface area contributed by atoms with Crippen molar-refractivity contribution in [2.45, 2.75) is 18.1 Å². The van der Waals surface area contributed by atoms with Crippen LogP contribution in [0.5, 0.6) is 5.75 Å². The van der Waals surface area contributed by atoms with Crippen LogP contribution in [-0.2, 0) is 16.0 Å². The highest BCUT2D eigenvalue weighted by atomic mass is 32.2. The second-order valence-corrected chi connectivity index (χ2v) is 8.95. The minimum atomic E-state index is -1.01. The first-order chi connectivity index (χ1) is 15.1. The molecule has 0 aliphatic rings. The van der Waals surface area contributed by atoms with Gasteiger partial charge < -0.3 is 14.3 Å². The van der Waals surface area contributed by atoms with Crippen molar-refractivity contribution in [3.8, 4) is 5.75 Å². The van der Waals surface area contributed by atoms with Gasteiger partial charge in [0.15, 0.2) is 17.9 Å². The van der Waals surface area contributed by atoms with Crippen LogP contribution in [0.4, 0.5) is 0 Å². The van der Waals surface area contributed by atoms with E-state index in [-0.39, 0.29) is 4.75 Å². The SMILES string of the molecule is CC(SCCc1coc2c(OCC(=O)O)cccc12)(c1ccccc1)c1ccccc1. The van der Waals surface area contributed by atoms with Crippen LogP contribution in [0.1, 0.15) is 23.6 Å². The molecule has 0 radical (unpaired) electrons. The lowest BCUT2D eigenvalue weighted by molar-refractivity contribution is -0.139. The molecule has 0 amide bonds. The van der Waals surface area contributed by atoms with Gasteiger partial charge in [0.05, 0.1) is 11.0 Å². The van der Waals surface area contributed by atoms with E-state index in [0.29, 0.717) is 11.3 Å². The molecule has 0 saturated heterocycles. The predicted molar refractivity (Wildman–Crippen MR) is 125 cm³/mol. The Labute approximate surface area is 185 Å². The van der Waals surface area contributed by atoms with E-state index in [1.54, 1.807) is 12.3 Å². The Kier molecular flexibility index (Phi) is 6.33. The summed E-state index contributed by atoms with van der Waals surface area (Å²) < 4.78 is 10.9. The van der Waals surface area contributed by atoms with Crippen molar-refractivity contribution in [2.75, 3.05) is 12.4 Å². The first-order valence-corrected chi connectivity index (χ1v) is 11.1. The van der Waals surface area contributed by atoms with Gasteiger partial charge in [0.1, 0.15) is 0 Å². The molecule has 1 aromatic heterocycles. The first-order valence-electron chi connectivity index (χ1n) is 10.2. The van der Waals surface area contributed by atoms with Gasteiger partial charge in [-0.2, -0.15) is 0 Å². The van der Waals surface area contributed by atoms with Crippen LogP contribution in [0.15, 0.2) is 89.5 Å². The Morgan fingerprint density at radius 2 is 1.61 bits per heavy atom. The number of furan rings is 1. The molecule has 31 heavy (non-hydrogen) atoms. The average Bonchev–Trinajstić information content (AvgIpc) is 3.22. The van der Waals surface area contributed by atoms with Crippen molar-refractivity contribution in [3.63, 3.8) is 0 Å². The predicted octanol–water partition coefficient (Wildman–Crippen LogP) is 6.14. The van der Waals surface area contributed by atoms with Gasteiger partial charge in [-0.25, -0.2) is 4.79 Å². The average molecular weight is 433 g/mol. The van der Waals surface area contributed by atoms with E-state index in [1.807, 2.05) is 36.0 Å². The van der Waals surface area contributed by atoms with Crippen LogP contribution < -0.4 is 4.74 Å². The number of aliphatic carboxylic acids is 1. The van der Waals surface area contributed by atoms with E-state index in [0.717, 1.165) is 23.1 Å². The molecule has 0 fully saturated rings. The number of carbonyl (C=O) groups is 1. The number of para-hydroxylation sites is 1. The van der Waals surface area contributed by atoms with Crippen molar-refractivity contribution < 1.29 is 19.1 Å². The van der Waals surface area contributed by atoms with Gasteiger partial charge in [0.2, 0.25) is 0 Å². The Hall–Kier alpha value is -3.18. The van der Waals surface area contributed by atoms with E-state index in [2.05, 4.69) is 55.5 Å². The zero-order valence-electron chi connectivity index (χ0n) is 17.3. The lowest BCUT2D eigenvalue weighted by Gasteiger charge is -2.30. The number of carboxylic acids is 1. The van der Waals surface area contributed by atoms with E-state index < -0.39 is 12.6 Å². The minimum Gasteiger partial charge on any atom is -0.479 e. The number of rotatable bonds is 9. The Balaban J connectivity index is 1.54. The van der Waals surface area contributed by atoms with Crippen LogP contribution >= 0.6 is 11.8 Å². The number of fused-ring (bicyclic) bond motifs is 1. The van der Waals surface area contributed by atoms with Gasteiger partial charge in [0.25, 0.3) is 0 Å². The normalized spacial score (nSPS) is 11.5. The summed E-state index contributed by atoms with van der Waals surface area (Å²) in [6.45, 7) is 1.88. The Morgan fingerprint density at radius 1 is 0.968 bits per heavy atom. The molecule has 0 spiro atoms. The van der Waals surface area contributed by atoms with Gasteiger partial charge in [0, 0.05) is 5.39 Å². The molecule has 4 aromatic rings. The van der Waals surface area contributed by atoms with Crippen molar-refractivity contribution in [1.29, 1.82) is 0 Å². The summed E-state index contributed by atoms with van der Waals surface area (Å²) >= 11 is 1.90. The monoisotopic (exact) mass is 432 g/mol. The summed E-state index contributed by atoms with van der Waals surface area (Å²) in [5, 5.41) is 9.84. The Morgan fingerprint density at radius 3 is 2.23 bits per heavy atom. The van der Waals surface area contributed by atoms with Gasteiger partial charge in [-0.05, 0) is 41.9 Å². The maximum absolute atomic E-state index is 10.8. The van der Waals surface area contributed by atoms with Gasteiger partial charge in [-0.15, -0.1) is 11.8 Å². The molecule has 3 aromatic carbocycles. The van der Waals surface area contributed by atoms with E-state index in [4.69, 9.17) is 14.3 Å². The Bertz CT molecular complexity index is 1110. The molecule has 5 heteroatoms. The highest BCUT2D eigenvalue weighted by Gasteiger charge is 2.29. The van der Waals surface area contributed by atoms with Gasteiger partial charge >= 0.3 is 5.97 Å². The van der Waals surface area contributed by atoms with Crippen molar-refractivity contribution in [1.82, 2.24) is 0 Å². The van der Waals surface area contributed by atoms with Crippen LogP contribution in [0.25, 0.3) is 11.0 Å². The lowest BCUT2D eigenvalue weighted by Crippen LogP contribution is -2.20. The van der Waals surface area contributed by atoms with E-state index >= 15 is 0 Å². The number of aryl methyl sites for hydroxylation is 1. The summed E-state index contributed by atoms with van der Waals surface area (Å²) in [7, 11) is 0. The zero-order chi connectivity index (χ0) is 21.7. The largest absolute Gasteiger partial charge is 0.479 e. The second-order valence-electron chi connectivity index (χ2n) is 7.44.